The highest BCUT2D eigenvalue weighted by atomic mass is 32.2. The lowest BCUT2D eigenvalue weighted by molar-refractivity contribution is -0.122. The molecule has 1 aromatic heterocycles. The van der Waals surface area contributed by atoms with E-state index < -0.39 is 0 Å². The number of nitrogens with zero attached hydrogens (tertiary/aromatic N) is 2. The molecule has 2 heterocycles. The van der Waals surface area contributed by atoms with Gasteiger partial charge in [0.2, 0.25) is 0 Å². The van der Waals surface area contributed by atoms with Gasteiger partial charge in [-0.05, 0) is 53.2 Å². The van der Waals surface area contributed by atoms with Gasteiger partial charge in [0.05, 0.1) is 30.0 Å². The van der Waals surface area contributed by atoms with E-state index in [4.69, 9.17) is 4.42 Å². The van der Waals surface area contributed by atoms with E-state index in [1.54, 1.807) is 17.2 Å². The highest BCUT2D eigenvalue weighted by Crippen LogP contribution is 2.35. The number of carbonyl (C=O) groups is 1. The molecule has 140 valence electrons. The maximum absolute atomic E-state index is 13.0. The average Bonchev–Trinajstić information content (AvgIpc) is 3.34. The van der Waals surface area contributed by atoms with Crippen molar-refractivity contribution in [2.75, 3.05) is 0 Å². The average molecular weight is 390 g/mol. The van der Waals surface area contributed by atoms with Crippen LogP contribution in [0, 0.1) is 0 Å². The fraction of sp³-hybridized carbons (Fsp3) is 0.0909. The second kappa shape index (κ2) is 8.29. The Morgan fingerprint density at radius 1 is 1.04 bits per heavy atom. The Kier molecular flexibility index (Phi) is 5.41. The first kappa shape index (κ1) is 18.3. The maximum Gasteiger partial charge on any atom is 0.267 e. The van der Waals surface area contributed by atoms with Gasteiger partial charge in [0.25, 0.3) is 5.91 Å². The van der Waals surface area contributed by atoms with Crippen LogP contribution in [0.2, 0.25) is 0 Å². The van der Waals surface area contributed by atoms with Crippen LogP contribution < -0.4 is 0 Å². The van der Waals surface area contributed by atoms with Gasteiger partial charge in [-0.25, -0.2) is 4.99 Å². The summed E-state index contributed by atoms with van der Waals surface area (Å²) in [7, 11) is 0. The number of aliphatic imine (C=N–C) groups is 1. The minimum atomic E-state index is -0.109. The Morgan fingerprint density at radius 3 is 2.50 bits per heavy atom. The number of benzene rings is 2. The Balaban J connectivity index is 1.66. The lowest BCUT2D eigenvalue weighted by Gasteiger charge is -2.13. The van der Waals surface area contributed by atoms with Crippen LogP contribution in [0.25, 0.3) is 6.08 Å². The SMILES string of the molecule is O=C1/C(=C/c2ccc(CO)cc2)SC(=Nc2ccccc2)N1Cc1ccco1. The van der Waals surface area contributed by atoms with Gasteiger partial charge in [0.15, 0.2) is 5.17 Å². The van der Waals surface area contributed by atoms with Crippen LogP contribution in [0.1, 0.15) is 16.9 Å². The standard InChI is InChI=1S/C22H18N2O3S/c25-15-17-10-8-16(9-11-17)13-20-21(26)24(14-19-7-4-12-27-19)22(28-20)23-18-5-2-1-3-6-18/h1-13,25H,14-15H2/b20-13-,23-22?. The maximum atomic E-state index is 13.0. The van der Waals surface area contributed by atoms with E-state index in [9.17, 15) is 9.90 Å². The minimum Gasteiger partial charge on any atom is -0.467 e. The van der Waals surface area contributed by atoms with E-state index in [0.717, 1.165) is 16.8 Å². The van der Waals surface area contributed by atoms with Gasteiger partial charge in [-0.2, -0.15) is 0 Å². The number of aliphatic hydroxyl groups excluding tert-OH is 1. The van der Waals surface area contributed by atoms with Crippen molar-refractivity contribution in [2.24, 2.45) is 4.99 Å². The van der Waals surface area contributed by atoms with Gasteiger partial charge in [-0.1, -0.05) is 42.5 Å². The number of carbonyl (C=O) groups excluding carboxylic acids is 1. The van der Waals surface area contributed by atoms with Crippen LogP contribution in [0.3, 0.4) is 0 Å². The zero-order valence-corrected chi connectivity index (χ0v) is 15.8. The van der Waals surface area contributed by atoms with Crippen LogP contribution in [-0.2, 0) is 17.9 Å². The van der Waals surface area contributed by atoms with Gasteiger partial charge in [-0.3, -0.25) is 9.69 Å². The number of furan rings is 1. The summed E-state index contributed by atoms with van der Waals surface area (Å²) < 4.78 is 5.42. The molecule has 1 fully saturated rings. The molecule has 0 unspecified atom stereocenters. The van der Waals surface area contributed by atoms with Gasteiger partial charge in [-0.15, -0.1) is 0 Å². The number of rotatable bonds is 5. The summed E-state index contributed by atoms with van der Waals surface area (Å²) in [6.07, 6.45) is 3.44. The van der Waals surface area contributed by atoms with Crippen LogP contribution >= 0.6 is 11.8 Å². The zero-order valence-electron chi connectivity index (χ0n) is 15.0. The first-order chi connectivity index (χ1) is 13.7. The molecule has 0 bridgehead atoms. The second-order valence-corrected chi connectivity index (χ2v) is 7.22. The van der Waals surface area contributed by atoms with Crippen molar-refractivity contribution in [3.8, 4) is 0 Å². The minimum absolute atomic E-state index is 0.00462. The second-order valence-electron chi connectivity index (χ2n) is 6.21. The van der Waals surface area contributed by atoms with E-state index in [1.807, 2.05) is 66.7 Å². The molecule has 1 saturated heterocycles. The normalized spacial score (nSPS) is 17.0. The molecular formula is C22H18N2O3S. The first-order valence-corrected chi connectivity index (χ1v) is 9.62. The van der Waals surface area contributed by atoms with Gasteiger partial charge < -0.3 is 9.52 Å². The van der Waals surface area contributed by atoms with Crippen molar-refractivity contribution >= 4 is 34.6 Å². The highest BCUT2D eigenvalue weighted by Gasteiger charge is 2.34. The Hall–Kier alpha value is -3.09. The third-order valence-corrected chi connectivity index (χ3v) is 5.23. The lowest BCUT2D eigenvalue weighted by atomic mass is 10.1. The predicted molar refractivity (Wildman–Crippen MR) is 111 cm³/mol. The van der Waals surface area contributed by atoms with Crippen molar-refractivity contribution in [1.29, 1.82) is 0 Å². The van der Waals surface area contributed by atoms with Gasteiger partial charge >= 0.3 is 0 Å². The lowest BCUT2D eigenvalue weighted by Crippen LogP contribution is -2.28. The van der Waals surface area contributed by atoms with E-state index >= 15 is 0 Å². The largest absolute Gasteiger partial charge is 0.467 e. The zero-order chi connectivity index (χ0) is 19.3. The Morgan fingerprint density at radius 2 is 1.82 bits per heavy atom. The molecule has 0 saturated carbocycles. The molecule has 1 amide bonds. The molecule has 6 heteroatoms. The Bertz CT molecular complexity index is 1010. The van der Waals surface area contributed by atoms with Crippen molar-refractivity contribution < 1.29 is 14.3 Å². The van der Waals surface area contributed by atoms with Crippen LogP contribution in [0.15, 0.2) is 87.3 Å². The van der Waals surface area contributed by atoms with Gasteiger partial charge in [0.1, 0.15) is 5.76 Å². The molecule has 0 atom stereocenters. The fourth-order valence-corrected chi connectivity index (χ4v) is 3.77. The number of aliphatic hydroxyl groups is 1. The molecule has 2 aromatic carbocycles. The summed E-state index contributed by atoms with van der Waals surface area (Å²) in [4.78, 5) is 19.9. The van der Waals surface area contributed by atoms with E-state index in [0.29, 0.717) is 22.4 Å². The summed E-state index contributed by atoms with van der Waals surface area (Å²) in [6, 6.07) is 20.7. The fourth-order valence-electron chi connectivity index (χ4n) is 2.77. The summed E-state index contributed by atoms with van der Waals surface area (Å²) in [5.41, 5.74) is 2.51. The number of amidine groups is 1. The molecule has 1 N–H and O–H groups in total. The molecular weight excluding hydrogens is 372 g/mol. The van der Waals surface area contributed by atoms with E-state index in [1.165, 1.54) is 11.8 Å². The monoisotopic (exact) mass is 390 g/mol. The number of amides is 1. The summed E-state index contributed by atoms with van der Waals surface area (Å²) in [6.45, 7) is 0.320. The molecule has 3 aromatic rings. The Labute approximate surface area is 167 Å². The predicted octanol–water partition coefficient (Wildman–Crippen LogP) is 4.58. The van der Waals surface area contributed by atoms with E-state index in [-0.39, 0.29) is 12.5 Å². The smallest absolute Gasteiger partial charge is 0.267 e. The molecule has 1 aliphatic rings. The molecule has 0 radical (unpaired) electrons. The van der Waals surface area contributed by atoms with Gasteiger partial charge in [0, 0.05) is 0 Å². The summed E-state index contributed by atoms with van der Waals surface area (Å²) in [5, 5.41) is 9.80. The van der Waals surface area contributed by atoms with Crippen LogP contribution in [0.4, 0.5) is 5.69 Å². The quantitative estimate of drug-likeness (QED) is 0.648. The number of para-hydroxylation sites is 1. The number of hydrogen-bond acceptors (Lipinski definition) is 5. The van der Waals surface area contributed by atoms with Crippen molar-refractivity contribution in [3.05, 3.63) is 94.8 Å². The number of thioether (sulfide) groups is 1. The molecule has 0 spiro atoms. The molecule has 28 heavy (non-hydrogen) atoms. The van der Waals surface area contributed by atoms with Crippen molar-refractivity contribution in [3.63, 3.8) is 0 Å². The first-order valence-electron chi connectivity index (χ1n) is 8.80. The highest BCUT2D eigenvalue weighted by molar-refractivity contribution is 8.18. The third-order valence-electron chi connectivity index (χ3n) is 4.22. The molecule has 5 nitrogen and oxygen atoms in total. The summed E-state index contributed by atoms with van der Waals surface area (Å²) in [5.74, 6) is 0.588. The third kappa shape index (κ3) is 4.08. The van der Waals surface area contributed by atoms with Crippen molar-refractivity contribution in [2.45, 2.75) is 13.2 Å². The number of hydrogen-bond donors (Lipinski definition) is 1. The molecule has 4 rings (SSSR count). The van der Waals surface area contributed by atoms with Crippen molar-refractivity contribution in [1.82, 2.24) is 4.90 Å². The topological polar surface area (TPSA) is 66.0 Å². The van der Waals surface area contributed by atoms with Crippen LogP contribution in [0.5, 0.6) is 0 Å². The molecule has 0 aliphatic carbocycles. The molecule has 1 aliphatic heterocycles. The van der Waals surface area contributed by atoms with Crippen LogP contribution in [-0.4, -0.2) is 21.1 Å². The summed E-state index contributed by atoms with van der Waals surface area (Å²) >= 11 is 1.34. The van der Waals surface area contributed by atoms with E-state index in [2.05, 4.69) is 4.99 Å².